The first kappa shape index (κ1) is 33.7. The molecule has 1 aromatic heterocycles. The normalized spacial score (nSPS) is 23.0. The number of halogens is 2. The second-order valence-corrected chi connectivity index (χ2v) is 9.66. The van der Waals surface area contributed by atoms with E-state index in [2.05, 4.69) is 18.0 Å². The van der Waals surface area contributed by atoms with Crippen LogP contribution in [-0.4, -0.2) is 50.3 Å². The molecule has 0 amide bonds. The number of aliphatic hydroxyl groups excluding tert-OH is 2. The van der Waals surface area contributed by atoms with Crippen LogP contribution in [0, 0.1) is 0 Å². The molecule has 0 aliphatic carbocycles. The third kappa shape index (κ3) is 9.27. The van der Waals surface area contributed by atoms with Crippen LogP contribution in [0.1, 0.15) is 58.3 Å². The van der Waals surface area contributed by atoms with Crippen LogP contribution in [-0.2, 0) is 15.3 Å². The molecule has 0 bridgehead atoms. The number of ketones is 1. The lowest BCUT2D eigenvalue weighted by Crippen LogP contribution is -2.59. The van der Waals surface area contributed by atoms with Gasteiger partial charge in [0.1, 0.15) is 11.9 Å². The number of hydrogen-bond acceptors (Lipinski definition) is 7. The number of alkyl halides is 2. The van der Waals surface area contributed by atoms with E-state index in [1.807, 2.05) is 24.3 Å². The third-order valence-electron chi connectivity index (χ3n) is 6.53. The van der Waals surface area contributed by atoms with Crippen LogP contribution in [0.3, 0.4) is 0 Å². The number of rotatable bonds is 17. The van der Waals surface area contributed by atoms with Gasteiger partial charge in [0.2, 0.25) is 5.78 Å². The molecule has 1 aliphatic heterocycles. The Balaban J connectivity index is 1.91. The van der Waals surface area contributed by atoms with Gasteiger partial charge in [0, 0.05) is 6.20 Å². The summed E-state index contributed by atoms with van der Waals surface area (Å²) in [5.74, 6) is -5.85. The fourth-order valence-corrected chi connectivity index (χ4v) is 4.31. The number of carbonyl (C=O) groups excluding carboxylic acids is 1. The van der Waals surface area contributed by atoms with E-state index in [1.165, 1.54) is 57.1 Å². The molecule has 8 nitrogen and oxygen atoms in total. The van der Waals surface area contributed by atoms with Gasteiger partial charge >= 0.3 is 11.6 Å². The van der Waals surface area contributed by atoms with E-state index >= 15 is 8.78 Å². The Morgan fingerprint density at radius 1 is 1.00 bits per heavy atom. The van der Waals surface area contributed by atoms with Crippen LogP contribution >= 0.6 is 0 Å². The van der Waals surface area contributed by atoms with Crippen LogP contribution in [0.15, 0.2) is 90.0 Å². The summed E-state index contributed by atoms with van der Waals surface area (Å²) in [5.41, 5.74) is 0.907. The van der Waals surface area contributed by atoms with Crippen molar-refractivity contribution >= 4 is 11.6 Å². The van der Waals surface area contributed by atoms with Gasteiger partial charge in [0.05, 0.1) is 6.61 Å². The number of nitrogens with zero attached hydrogens (tertiary/aromatic N) is 2. The molecule has 0 saturated carbocycles. The maximum absolute atomic E-state index is 15.2. The summed E-state index contributed by atoms with van der Waals surface area (Å²) in [5, 5.41) is 19.4. The van der Waals surface area contributed by atoms with Crippen molar-refractivity contribution in [3.05, 3.63) is 95.7 Å². The molecule has 10 heteroatoms. The molecule has 1 aliphatic rings. The molecule has 0 spiro atoms. The number of unbranched alkanes of at least 4 members (excludes halogenated alkanes) is 7. The van der Waals surface area contributed by atoms with Gasteiger partial charge in [0.25, 0.3) is 5.72 Å². The monoisotopic (exact) mass is 573 g/mol. The molecule has 224 valence electrons. The topological polar surface area (TPSA) is 128 Å². The molecule has 41 heavy (non-hydrogen) atoms. The van der Waals surface area contributed by atoms with E-state index in [0.717, 1.165) is 24.8 Å². The molecular formula is C31H41F2N3O5. The minimum Gasteiger partial charge on any atom is -0.394 e. The number of anilines is 1. The largest absolute Gasteiger partial charge is 0.394 e. The number of aliphatic hydroxyl groups is 2. The van der Waals surface area contributed by atoms with Crippen molar-refractivity contribution in [3.8, 4) is 0 Å². The first-order valence-corrected chi connectivity index (χ1v) is 14.0. The zero-order valence-electron chi connectivity index (χ0n) is 23.4. The summed E-state index contributed by atoms with van der Waals surface area (Å²) in [6.45, 7) is 1.22. The van der Waals surface area contributed by atoms with Gasteiger partial charge < -0.3 is 20.7 Å². The minimum absolute atomic E-state index is 0.250. The lowest BCUT2D eigenvalue weighted by molar-refractivity contribution is -0.213. The zero-order valence-corrected chi connectivity index (χ0v) is 23.4. The lowest BCUT2D eigenvalue weighted by Gasteiger charge is -2.33. The van der Waals surface area contributed by atoms with Crippen molar-refractivity contribution in [2.24, 2.45) is 0 Å². The Bertz CT molecular complexity index is 1200. The van der Waals surface area contributed by atoms with Gasteiger partial charge in [-0.25, -0.2) is 4.79 Å². The summed E-state index contributed by atoms with van der Waals surface area (Å²) in [6, 6.07) is 1.04. The summed E-state index contributed by atoms with van der Waals surface area (Å²) in [4.78, 5) is 28.8. The summed E-state index contributed by atoms with van der Waals surface area (Å²) in [7, 11) is 0. The molecule has 2 heterocycles. The van der Waals surface area contributed by atoms with Gasteiger partial charge in [-0.1, -0.05) is 112 Å². The Hall–Kier alpha value is -3.47. The van der Waals surface area contributed by atoms with E-state index in [4.69, 9.17) is 10.5 Å². The number of nitrogens with two attached hydrogens (primary N) is 1. The van der Waals surface area contributed by atoms with E-state index in [-0.39, 0.29) is 10.4 Å². The van der Waals surface area contributed by atoms with Gasteiger partial charge in [-0.3, -0.25) is 9.36 Å². The van der Waals surface area contributed by atoms with Crippen LogP contribution in [0.5, 0.6) is 0 Å². The van der Waals surface area contributed by atoms with E-state index < -0.39 is 41.9 Å². The van der Waals surface area contributed by atoms with Crippen LogP contribution in [0.25, 0.3) is 0 Å². The molecule has 3 atom stereocenters. The highest BCUT2D eigenvalue weighted by molar-refractivity contribution is 5.96. The van der Waals surface area contributed by atoms with Crippen LogP contribution in [0.4, 0.5) is 14.6 Å². The Labute approximate surface area is 239 Å². The van der Waals surface area contributed by atoms with Crippen LogP contribution in [0.2, 0.25) is 0 Å². The smallest absolute Gasteiger partial charge is 0.352 e. The average molecular weight is 574 g/mol. The molecule has 0 radical (unpaired) electrons. The predicted molar refractivity (Wildman–Crippen MR) is 156 cm³/mol. The van der Waals surface area contributed by atoms with Crippen molar-refractivity contribution in [3.63, 3.8) is 0 Å². The third-order valence-corrected chi connectivity index (χ3v) is 6.53. The molecule has 1 saturated heterocycles. The minimum atomic E-state index is -4.27. The highest BCUT2D eigenvalue weighted by Gasteiger charge is 2.73. The summed E-state index contributed by atoms with van der Waals surface area (Å²) < 4.78 is 35.9. The second kappa shape index (κ2) is 17.4. The maximum atomic E-state index is 15.2. The van der Waals surface area contributed by atoms with E-state index in [1.54, 1.807) is 24.3 Å². The van der Waals surface area contributed by atoms with Gasteiger partial charge in [-0.05, 0) is 25.0 Å². The second-order valence-electron chi connectivity index (χ2n) is 9.66. The molecule has 0 unspecified atom stereocenters. The fraction of sp³-hybridized carbons (Fsp3) is 0.452. The molecule has 1 fully saturated rings. The van der Waals surface area contributed by atoms with Crippen molar-refractivity contribution in [2.75, 3.05) is 12.3 Å². The predicted octanol–water partition coefficient (Wildman–Crippen LogP) is 4.91. The Kier molecular flexibility index (Phi) is 14.3. The number of carbonyl (C=O) groups is 1. The van der Waals surface area contributed by atoms with Gasteiger partial charge in [0.15, 0.2) is 6.10 Å². The highest BCUT2D eigenvalue weighted by Crippen LogP contribution is 2.48. The first-order chi connectivity index (χ1) is 19.7. The molecular weight excluding hydrogens is 532 g/mol. The van der Waals surface area contributed by atoms with Crippen molar-refractivity contribution < 1.29 is 28.5 Å². The number of hydrogen-bond donors (Lipinski definition) is 3. The average Bonchev–Trinajstić information content (AvgIpc) is 3.15. The quantitative estimate of drug-likeness (QED) is 0.137. The molecule has 1 aromatic rings. The van der Waals surface area contributed by atoms with E-state index in [9.17, 15) is 19.8 Å². The van der Waals surface area contributed by atoms with Crippen LogP contribution < -0.4 is 11.4 Å². The SMILES string of the molecule is CCCCCCCCCC=CC=CC=CC=CC=CC=CC(=O)[C@@]1(n2ccc(N)nc2=O)O[C@H](CO)[C@@H](O)C1(F)F. The molecule has 0 aromatic carbocycles. The maximum Gasteiger partial charge on any atom is 0.352 e. The Morgan fingerprint density at radius 3 is 2.12 bits per heavy atom. The standard InChI is InChI=1S/C31H41F2N3O5/c1-2-3-4-5-6-7-8-9-10-11-12-13-14-15-16-17-18-19-20-21-26(38)31(36-23-22-27(34)35-29(36)40)30(32,33)28(39)25(24-37)41-31/h10-23,25,28,37,39H,2-9,24H2,1H3,(H2,34,35,40)/t25-,28-,31-/m1/s1. The molecule has 2 rings (SSSR count). The number of ether oxygens (including phenoxy) is 1. The lowest BCUT2D eigenvalue weighted by atomic mass is 9.96. The van der Waals surface area contributed by atoms with Crippen molar-refractivity contribution in [1.82, 2.24) is 9.55 Å². The summed E-state index contributed by atoms with van der Waals surface area (Å²) in [6.07, 6.45) is 26.7. The van der Waals surface area contributed by atoms with Gasteiger partial charge in [-0.15, -0.1) is 0 Å². The van der Waals surface area contributed by atoms with Gasteiger partial charge in [-0.2, -0.15) is 13.8 Å². The highest BCUT2D eigenvalue weighted by atomic mass is 19.3. The number of allylic oxidation sites excluding steroid dienone is 11. The fourth-order valence-electron chi connectivity index (χ4n) is 4.31. The summed E-state index contributed by atoms with van der Waals surface area (Å²) >= 11 is 0. The number of nitrogen functional groups attached to an aromatic ring is 1. The zero-order chi connectivity index (χ0) is 30.1. The van der Waals surface area contributed by atoms with Crippen molar-refractivity contribution in [2.45, 2.75) is 82.1 Å². The van der Waals surface area contributed by atoms with Crippen molar-refractivity contribution in [1.29, 1.82) is 0 Å². The molecule has 4 N–H and O–H groups in total. The van der Waals surface area contributed by atoms with E-state index in [0.29, 0.717) is 0 Å². The number of aromatic nitrogens is 2. The first-order valence-electron chi connectivity index (χ1n) is 14.0. The Morgan fingerprint density at radius 2 is 1.56 bits per heavy atom.